The number of nitrogens with one attached hydrogen (secondary N) is 2. The van der Waals surface area contributed by atoms with Crippen LogP contribution in [0, 0.1) is 0 Å². The second-order valence-electron chi connectivity index (χ2n) is 4.12. The lowest BCUT2D eigenvalue weighted by Gasteiger charge is -2.14. The molecular formula is C12H16N4O2S2. The van der Waals surface area contributed by atoms with E-state index in [1.54, 1.807) is 25.4 Å². The minimum atomic E-state index is -3.65. The third-order valence-electron chi connectivity index (χ3n) is 2.60. The SMILES string of the molecule is CCNc1ccncc1S(=O)(=O)NC(C)c1nccs1. The Morgan fingerprint density at radius 3 is 2.85 bits per heavy atom. The highest BCUT2D eigenvalue weighted by molar-refractivity contribution is 7.89. The number of hydrogen-bond acceptors (Lipinski definition) is 6. The molecule has 0 saturated heterocycles. The van der Waals surface area contributed by atoms with Gasteiger partial charge in [-0.1, -0.05) is 0 Å². The molecule has 0 spiro atoms. The third-order valence-corrected chi connectivity index (χ3v) is 5.12. The summed E-state index contributed by atoms with van der Waals surface area (Å²) < 4.78 is 27.5. The van der Waals surface area contributed by atoms with Gasteiger partial charge in [-0.25, -0.2) is 18.1 Å². The highest BCUT2D eigenvalue weighted by Crippen LogP contribution is 2.23. The van der Waals surface area contributed by atoms with E-state index in [2.05, 4.69) is 20.0 Å². The molecule has 2 heterocycles. The van der Waals surface area contributed by atoms with E-state index in [1.807, 2.05) is 12.3 Å². The Balaban J connectivity index is 2.27. The van der Waals surface area contributed by atoms with Gasteiger partial charge in [0.1, 0.15) is 9.90 Å². The van der Waals surface area contributed by atoms with Crippen LogP contribution >= 0.6 is 11.3 Å². The minimum Gasteiger partial charge on any atom is -0.384 e. The van der Waals surface area contributed by atoms with Gasteiger partial charge in [0.25, 0.3) is 0 Å². The van der Waals surface area contributed by atoms with Crippen LogP contribution in [0.2, 0.25) is 0 Å². The zero-order valence-corrected chi connectivity index (χ0v) is 12.8. The highest BCUT2D eigenvalue weighted by Gasteiger charge is 2.22. The minimum absolute atomic E-state index is 0.144. The maximum absolute atomic E-state index is 12.4. The van der Waals surface area contributed by atoms with Crippen molar-refractivity contribution in [2.75, 3.05) is 11.9 Å². The maximum Gasteiger partial charge on any atom is 0.244 e. The Bertz CT molecular complexity index is 656. The van der Waals surface area contributed by atoms with E-state index in [4.69, 9.17) is 0 Å². The van der Waals surface area contributed by atoms with E-state index < -0.39 is 10.0 Å². The first-order valence-corrected chi connectivity index (χ1v) is 8.50. The van der Waals surface area contributed by atoms with Crippen LogP contribution in [0.15, 0.2) is 34.9 Å². The summed E-state index contributed by atoms with van der Waals surface area (Å²) in [6.07, 6.45) is 4.55. The number of nitrogens with zero attached hydrogens (tertiary/aromatic N) is 2. The number of aromatic nitrogens is 2. The molecule has 0 aliphatic heterocycles. The van der Waals surface area contributed by atoms with Crippen LogP contribution < -0.4 is 10.0 Å². The Morgan fingerprint density at radius 2 is 2.20 bits per heavy atom. The number of pyridine rings is 1. The first-order chi connectivity index (χ1) is 9.54. The van der Waals surface area contributed by atoms with E-state index in [9.17, 15) is 8.42 Å². The molecule has 2 rings (SSSR count). The summed E-state index contributed by atoms with van der Waals surface area (Å²) in [5.74, 6) is 0. The normalized spacial score (nSPS) is 13.1. The zero-order valence-electron chi connectivity index (χ0n) is 11.2. The van der Waals surface area contributed by atoms with Gasteiger partial charge >= 0.3 is 0 Å². The first kappa shape index (κ1) is 14.9. The molecule has 2 N–H and O–H groups in total. The molecule has 0 saturated carbocycles. The second-order valence-corrected chi connectivity index (χ2v) is 6.72. The van der Waals surface area contributed by atoms with E-state index in [0.29, 0.717) is 12.2 Å². The zero-order chi connectivity index (χ0) is 14.6. The van der Waals surface area contributed by atoms with Crippen molar-refractivity contribution in [3.8, 4) is 0 Å². The predicted molar refractivity (Wildman–Crippen MR) is 79.3 cm³/mol. The highest BCUT2D eigenvalue weighted by atomic mass is 32.2. The lowest BCUT2D eigenvalue weighted by molar-refractivity contribution is 0.566. The van der Waals surface area contributed by atoms with Gasteiger partial charge in [-0.15, -0.1) is 11.3 Å². The fraction of sp³-hybridized carbons (Fsp3) is 0.333. The van der Waals surface area contributed by atoms with Gasteiger partial charge in [-0.3, -0.25) is 4.98 Å². The van der Waals surface area contributed by atoms with Crippen LogP contribution in [0.1, 0.15) is 24.9 Å². The summed E-state index contributed by atoms with van der Waals surface area (Å²) in [5.41, 5.74) is 0.543. The molecule has 1 atom stereocenters. The first-order valence-electron chi connectivity index (χ1n) is 6.14. The molecule has 6 nitrogen and oxygen atoms in total. The number of rotatable bonds is 6. The van der Waals surface area contributed by atoms with Crippen LogP contribution in [0.5, 0.6) is 0 Å². The number of thiazole rings is 1. The Kier molecular flexibility index (Phi) is 4.69. The monoisotopic (exact) mass is 312 g/mol. The standard InChI is InChI=1S/C12H16N4O2S2/c1-3-14-10-4-5-13-8-11(10)20(17,18)16-9(2)12-15-6-7-19-12/h4-9,16H,3H2,1-2H3,(H,13,14). The van der Waals surface area contributed by atoms with Gasteiger partial charge in [-0.05, 0) is 19.9 Å². The van der Waals surface area contributed by atoms with Crippen molar-refractivity contribution in [1.82, 2.24) is 14.7 Å². The molecule has 0 fully saturated rings. The van der Waals surface area contributed by atoms with Crippen LogP contribution in [0.3, 0.4) is 0 Å². The molecule has 20 heavy (non-hydrogen) atoms. The third kappa shape index (κ3) is 3.33. The molecule has 0 aromatic carbocycles. The van der Waals surface area contributed by atoms with E-state index >= 15 is 0 Å². The summed E-state index contributed by atoms with van der Waals surface area (Å²) in [5, 5.41) is 5.56. The van der Waals surface area contributed by atoms with Crippen molar-refractivity contribution in [3.05, 3.63) is 35.0 Å². The van der Waals surface area contributed by atoms with Crippen molar-refractivity contribution < 1.29 is 8.42 Å². The number of sulfonamides is 1. The van der Waals surface area contributed by atoms with Gasteiger partial charge in [0.05, 0.1) is 11.7 Å². The van der Waals surface area contributed by atoms with Gasteiger partial charge in [0.15, 0.2) is 0 Å². The Morgan fingerprint density at radius 1 is 1.40 bits per heavy atom. The fourth-order valence-corrected chi connectivity index (χ4v) is 3.78. The lowest BCUT2D eigenvalue weighted by atomic mass is 10.4. The molecule has 1 unspecified atom stereocenters. The summed E-state index contributed by atoms with van der Waals surface area (Å²) in [4.78, 5) is 8.15. The van der Waals surface area contributed by atoms with Crippen molar-refractivity contribution in [3.63, 3.8) is 0 Å². The van der Waals surface area contributed by atoms with Crippen LogP contribution in [0.25, 0.3) is 0 Å². The molecule has 2 aromatic rings. The van der Waals surface area contributed by atoms with E-state index in [0.717, 1.165) is 5.01 Å². The summed E-state index contributed by atoms with van der Waals surface area (Å²) in [6.45, 7) is 4.30. The molecule has 2 aromatic heterocycles. The average Bonchev–Trinajstić information content (AvgIpc) is 2.93. The molecule has 8 heteroatoms. The Hall–Kier alpha value is -1.51. The topological polar surface area (TPSA) is 84.0 Å². The smallest absolute Gasteiger partial charge is 0.244 e. The van der Waals surface area contributed by atoms with Crippen molar-refractivity contribution in [1.29, 1.82) is 0 Å². The molecule has 0 aliphatic rings. The maximum atomic E-state index is 12.4. The molecule has 108 valence electrons. The summed E-state index contributed by atoms with van der Waals surface area (Å²) in [6, 6.07) is 1.27. The fourth-order valence-electron chi connectivity index (χ4n) is 1.73. The molecule has 0 amide bonds. The van der Waals surface area contributed by atoms with Gasteiger partial charge < -0.3 is 5.32 Å². The molecule has 0 aliphatic carbocycles. The number of anilines is 1. The van der Waals surface area contributed by atoms with Gasteiger partial charge in [0, 0.05) is 30.5 Å². The summed E-state index contributed by atoms with van der Waals surface area (Å²) >= 11 is 1.41. The van der Waals surface area contributed by atoms with E-state index in [-0.39, 0.29) is 10.9 Å². The molecule has 0 bridgehead atoms. The van der Waals surface area contributed by atoms with Gasteiger partial charge in [-0.2, -0.15) is 0 Å². The van der Waals surface area contributed by atoms with Crippen LogP contribution in [-0.4, -0.2) is 24.9 Å². The van der Waals surface area contributed by atoms with Crippen molar-refractivity contribution in [2.24, 2.45) is 0 Å². The van der Waals surface area contributed by atoms with Crippen molar-refractivity contribution >= 4 is 27.0 Å². The molecular weight excluding hydrogens is 296 g/mol. The predicted octanol–water partition coefficient (Wildman–Crippen LogP) is 2.01. The van der Waals surface area contributed by atoms with Crippen LogP contribution in [0.4, 0.5) is 5.69 Å². The number of hydrogen-bond donors (Lipinski definition) is 2. The summed E-state index contributed by atoms with van der Waals surface area (Å²) in [7, 11) is -3.65. The second kappa shape index (κ2) is 6.29. The molecule has 0 radical (unpaired) electrons. The van der Waals surface area contributed by atoms with Gasteiger partial charge in [0.2, 0.25) is 10.0 Å². The largest absolute Gasteiger partial charge is 0.384 e. The lowest BCUT2D eigenvalue weighted by Crippen LogP contribution is -2.27. The van der Waals surface area contributed by atoms with Crippen LogP contribution in [-0.2, 0) is 10.0 Å². The Labute approximate surface area is 122 Å². The quantitative estimate of drug-likeness (QED) is 0.852. The average molecular weight is 312 g/mol. The van der Waals surface area contributed by atoms with E-state index in [1.165, 1.54) is 17.5 Å². The van der Waals surface area contributed by atoms with Crippen molar-refractivity contribution in [2.45, 2.75) is 24.8 Å².